The molecular weight excluding hydrogens is 385 g/mol. The Morgan fingerprint density at radius 3 is 2.32 bits per heavy atom. The van der Waals surface area contributed by atoms with Crippen molar-refractivity contribution in [2.24, 2.45) is 0 Å². The summed E-state index contributed by atoms with van der Waals surface area (Å²) in [6.07, 6.45) is 0. The van der Waals surface area contributed by atoms with Crippen molar-refractivity contribution in [1.29, 1.82) is 0 Å². The first kappa shape index (κ1) is 17.5. The van der Waals surface area contributed by atoms with Crippen molar-refractivity contribution < 1.29 is 17.6 Å². The average Bonchev–Trinajstić information content (AvgIpc) is 3.10. The van der Waals surface area contributed by atoms with Crippen LogP contribution < -0.4 is 5.32 Å². The molecule has 128 valence electrons. The molecule has 0 spiro atoms. The van der Waals surface area contributed by atoms with E-state index in [-0.39, 0.29) is 20.8 Å². The Hall–Kier alpha value is -2.28. The van der Waals surface area contributed by atoms with Gasteiger partial charge in [0.25, 0.3) is 5.91 Å². The zero-order chi connectivity index (χ0) is 18.0. The zero-order valence-corrected chi connectivity index (χ0v) is 14.9. The van der Waals surface area contributed by atoms with E-state index in [4.69, 9.17) is 27.6 Å². The first-order valence-electron chi connectivity index (χ1n) is 7.04. The summed E-state index contributed by atoms with van der Waals surface area (Å²) in [4.78, 5) is 12.3. The molecule has 8 heteroatoms. The molecule has 5 nitrogen and oxygen atoms in total. The molecule has 3 rings (SSSR count). The first-order chi connectivity index (χ1) is 11.9. The van der Waals surface area contributed by atoms with Gasteiger partial charge in [0.2, 0.25) is 14.9 Å². The molecular formula is C17H11Cl2NO4S. The van der Waals surface area contributed by atoms with Gasteiger partial charge >= 0.3 is 0 Å². The van der Waals surface area contributed by atoms with E-state index in [1.807, 2.05) is 0 Å². The van der Waals surface area contributed by atoms with Crippen LogP contribution in [0.25, 0.3) is 0 Å². The third kappa shape index (κ3) is 3.71. The van der Waals surface area contributed by atoms with Crippen LogP contribution in [0.2, 0.25) is 10.0 Å². The minimum atomic E-state index is -3.82. The molecule has 0 saturated heterocycles. The van der Waals surface area contributed by atoms with Crippen LogP contribution in [-0.2, 0) is 9.84 Å². The minimum Gasteiger partial charge on any atom is -0.439 e. The molecule has 1 heterocycles. The molecule has 0 fully saturated rings. The molecule has 0 radical (unpaired) electrons. The van der Waals surface area contributed by atoms with E-state index in [1.54, 1.807) is 24.3 Å². The molecule has 2 aromatic carbocycles. The number of hydrogen-bond acceptors (Lipinski definition) is 4. The van der Waals surface area contributed by atoms with Crippen LogP contribution in [-0.4, -0.2) is 14.3 Å². The summed E-state index contributed by atoms with van der Waals surface area (Å²) in [5, 5.41) is 2.89. The number of carbonyl (C=O) groups excluding carboxylic acids is 1. The third-order valence-corrected chi connectivity index (χ3v) is 5.68. The summed E-state index contributed by atoms with van der Waals surface area (Å²) < 4.78 is 30.1. The van der Waals surface area contributed by atoms with Gasteiger partial charge in [-0.15, -0.1) is 0 Å². The Labute approximate surface area is 154 Å². The molecule has 25 heavy (non-hydrogen) atoms. The number of carbonyl (C=O) groups is 1. The Balaban J connectivity index is 1.83. The van der Waals surface area contributed by atoms with Crippen LogP contribution in [0.15, 0.2) is 75.1 Å². The van der Waals surface area contributed by atoms with Crippen LogP contribution in [0.3, 0.4) is 0 Å². The van der Waals surface area contributed by atoms with Crippen LogP contribution in [0.4, 0.5) is 5.69 Å². The highest BCUT2D eigenvalue weighted by atomic mass is 35.5. The van der Waals surface area contributed by atoms with Crippen molar-refractivity contribution in [3.8, 4) is 0 Å². The second-order valence-electron chi connectivity index (χ2n) is 5.02. The van der Waals surface area contributed by atoms with Gasteiger partial charge in [0.1, 0.15) is 0 Å². The number of nitrogens with one attached hydrogen (secondary N) is 1. The van der Waals surface area contributed by atoms with Gasteiger partial charge in [-0.1, -0.05) is 41.4 Å². The second kappa shape index (κ2) is 6.92. The number of rotatable bonds is 4. The Kier molecular flexibility index (Phi) is 4.85. The van der Waals surface area contributed by atoms with Gasteiger partial charge < -0.3 is 9.73 Å². The molecule has 0 bridgehead atoms. The second-order valence-corrected chi connectivity index (χ2v) is 7.71. The lowest BCUT2D eigenvalue weighted by Gasteiger charge is -2.04. The predicted octanol–water partition coefficient (Wildman–Crippen LogP) is 4.67. The van der Waals surface area contributed by atoms with Crippen LogP contribution in [0, 0.1) is 0 Å². The summed E-state index contributed by atoms with van der Waals surface area (Å²) >= 11 is 11.7. The number of anilines is 1. The molecule has 0 unspecified atom stereocenters. The van der Waals surface area contributed by atoms with Crippen molar-refractivity contribution in [3.63, 3.8) is 0 Å². The number of halogens is 2. The monoisotopic (exact) mass is 395 g/mol. The van der Waals surface area contributed by atoms with Gasteiger partial charge in [0.05, 0.1) is 14.9 Å². The van der Waals surface area contributed by atoms with E-state index in [9.17, 15) is 13.2 Å². The Bertz CT molecular complexity index is 1030. The maximum atomic E-state index is 12.5. The smallest absolute Gasteiger partial charge is 0.291 e. The predicted molar refractivity (Wildman–Crippen MR) is 95.0 cm³/mol. The maximum absolute atomic E-state index is 12.5. The van der Waals surface area contributed by atoms with E-state index >= 15 is 0 Å². The Morgan fingerprint density at radius 1 is 0.920 bits per heavy atom. The summed E-state index contributed by atoms with van der Waals surface area (Å²) in [5.41, 5.74) is 0.406. The molecule has 0 saturated carbocycles. The lowest BCUT2D eigenvalue weighted by molar-refractivity contribution is 0.0991. The third-order valence-electron chi connectivity index (χ3n) is 3.30. The first-order valence-corrected chi connectivity index (χ1v) is 9.28. The number of amides is 1. The molecule has 1 amide bonds. The van der Waals surface area contributed by atoms with Gasteiger partial charge in [-0.25, -0.2) is 8.42 Å². The van der Waals surface area contributed by atoms with Crippen LogP contribution >= 0.6 is 23.2 Å². The van der Waals surface area contributed by atoms with Gasteiger partial charge in [0, 0.05) is 5.69 Å². The standard InChI is InChI=1S/C17H11Cl2NO4S/c18-13-7-6-11(10-14(13)19)20-17(21)15-8-9-16(24-15)25(22,23)12-4-2-1-3-5-12/h1-10H,(H,20,21). The molecule has 0 aliphatic carbocycles. The van der Waals surface area contributed by atoms with Crippen molar-refractivity contribution in [2.45, 2.75) is 9.99 Å². The summed E-state index contributed by atoms with van der Waals surface area (Å²) in [6.45, 7) is 0. The van der Waals surface area contributed by atoms with Gasteiger partial charge in [-0.2, -0.15) is 0 Å². The lowest BCUT2D eigenvalue weighted by atomic mass is 10.3. The molecule has 0 atom stereocenters. The van der Waals surface area contributed by atoms with Gasteiger partial charge in [0.15, 0.2) is 5.76 Å². The minimum absolute atomic E-state index is 0.0841. The van der Waals surface area contributed by atoms with Crippen LogP contribution in [0.1, 0.15) is 10.6 Å². The van der Waals surface area contributed by atoms with E-state index in [1.165, 1.54) is 36.4 Å². The highest BCUT2D eigenvalue weighted by molar-refractivity contribution is 7.91. The van der Waals surface area contributed by atoms with Gasteiger partial charge in [-0.3, -0.25) is 4.79 Å². The number of furan rings is 1. The topological polar surface area (TPSA) is 76.4 Å². The normalized spacial score (nSPS) is 11.3. The van der Waals surface area contributed by atoms with Crippen molar-refractivity contribution >= 4 is 44.6 Å². The average molecular weight is 396 g/mol. The lowest BCUT2D eigenvalue weighted by Crippen LogP contribution is -2.11. The number of sulfone groups is 1. The highest BCUT2D eigenvalue weighted by Crippen LogP contribution is 2.26. The summed E-state index contributed by atoms with van der Waals surface area (Å²) in [5.74, 6) is -0.742. The van der Waals surface area contributed by atoms with E-state index in [0.29, 0.717) is 10.7 Å². The fourth-order valence-corrected chi connectivity index (χ4v) is 3.56. The molecule has 1 aromatic heterocycles. The van der Waals surface area contributed by atoms with Crippen molar-refractivity contribution in [2.75, 3.05) is 5.32 Å². The van der Waals surface area contributed by atoms with Crippen LogP contribution in [0.5, 0.6) is 0 Å². The van der Waals surface area contributed by atoms with Gasteiger partial charge in [-0.05, 0) is 42.5 Å². The van der Waals surface area contributed by atoms with E-state index in [2.05, 4.69) is 5.32 Å². The Morgan fingerprint density at radius 2 is 1.64 bits per heavy atom. The quantitative estimate of drug-likeness (QED) is 0.695. The SMILES string of the molecule is O=C(Nc1ccc(Cl)c(Cl)c1)c1ccc(S(=O)(=O)c2ccccc2)o1. The molecule has 0 aliphatic heterocycles. The van der Waals surface area contributed by atoms with Crippen molar-refractivity contribution in [1.82, 2.24) is 0 Å². The van der Waals surface area contributed by atoms with E-state index < -0.39 is 15.7 Å². The van der Waals surface area contributed by atoms with E-state index in [0.717, 1.165) is 0 Å². The fourth-order valence-electron chi connectivity index (χ4n) is 2.07. The molecule has 3 aromatic rings. The number of benzene rings is 2. The highest BCUT2D eigenvalue weighted by Gasteiger charge is 2.23. The van der Waals surface area contributed by atoms with Crippen molar-refractivity contribution in [3.05, 3.63) is 76.5 Å². The molecule has 0 aliphatic rings. The number of hydrogen-bond donors (Lipinski definition) is 1. The largest absolute Gasteiger partial charge is 0.439 e. The fraction of sp³-hybridized carbons (Fsp3) is 0. The molecule has 1 N–H and O–H groups in total. The zero-order valence-electron chi connectivity index (χ0n) is 12.6. The maximum Gasteiger partial charge on any atom is 0.291 e. The summed E-state index contributed by atoms with van der Waals surface area (Å²) in [7, 11) is -3.82. The summed E-state index contributed by atoms with van der Waals surface area (Å²) in [6, 6.07) is 14.9.